The van der Waals surface area contributed by atoms with E-state index in [1.54, 1.807) is 0 Å². The van der Waals surface area contributed by atoms with E-state index in [1.807, 2.05) is 243 Å². The van der Waals surface area contributed by atoms with E-state index < -0.39 is 66.9 Å². The highest BCUT2D eigenvalue weighted by Gasteiger charge is 2.53. The van der Waals surface area contributed by atoms with E-state index in [4.69, 9.17) is 75.8 Å². The second kappa shape index (κ2) is 73.7. The summed E-state index contributed by atoms with van der Waals surface area (Å²) in [5.74, 6) is -3.46. The molecule has 2 heterocycles. The van der Waals surface area contributed by atoms with E-state index in [0.29, 0.717) is 52.1 Å². The van der Waals surface area contributed by atoms with Crippen molar-refractivity contribution in [3.8, 4) is 0 Å². The molecule has 6 unspecified atom stereocenters. The largest absolute Gasteiger partial charge is 0.466 e. The Kier molecular flexibility index (Phi) is 59.3. The molecule has 146 heavy (non-hydrogen) atoms. The minimum Gasteiger partial charge on any atom is -0.466 e. The molecular formula is C124H166O22. The Hall–Kier alpha value is -10.3. The van der Waals surface area contributed by atoms with Crippen molar-refractivity contribution in [3.05, 3.63) is 311 Å². The lowest BCUT2D eigenvalue weighted by Gasteiger charge is -2.47. The fraction of sp³-hybridized carbons (Fsp3) is 0.532. The van der Waals surface area contributed by atoms with Gasteiger partial charge in [0.1, 0.15) is 49.3 Å². The van der Waals surface area contributed by atoms with Crippen molar-refractivity contribution in [1.29, 1.82) is 0 Å². The molecule has 2 fully saturated rings. The number of ether oxygens (including phenoxy) is 16. The fourth-order valence-electron chi connectivity index (χ4n) is 18.0. The van der Waals surface area contributed by atoms with Crippen LogP contribution in [0.5, 0.6) is 0 Å². The van der Waals surface area contributed by atoms with Crippen LogP contribution in [0.3, 0.4) is 0 Å². The summed E-state index contributed by atoms with van der Waals surface area (Å²) in [6.07, 6.45) is 33.8. The third kappa shape index (κ3) is 50.1. The molecule has 10 rings (SSSR count). The summed E-state index contributed by atoms with van der Waals surface area (Å²) < 4.78 is 103. The molecule has 2 aliphatic rings. The number of hydrogen-bond acceptors (Lipinski definition) is 22. The van der Waals surface area contributed by atoms with E-state index in [2.05, 4.69) is 38.2 Å². The Labute approximate surface area is 870 Å². The SMILES string of the molecule is CCCCCC[C@H](C/C=C\CCCCCCCC(=O)OCCCCCCCCCCOC(=O)CCCCCCC/C=C\C[C@@H](CCCCCC)OC(=O)CCCC(=O)O[C@@H]1OC(COCc2ccccc2)[C@H](OCc2ccccc2)C(OCc2ccccc2)C1OCc1ccccc1)OC(=O)CCCC(=O)O[C@@H]1OC(COCc2ccccc2)(OCc2ccccc2)CC(OCc2ccccc2)C1OCc1ccccc1. The minimum absolute atomic E-state index is 0.00321. The van der Waals surface area contributed by atoms with Crippen LogP contribution < -0.4 is 0 Å². The monoisotopic (exact) mass is 2010 g/mol. The number of carbonyl (C=O) groups excluding carboxylic acids is 6. The molecule has 2 saturated heterocycles. The van der Waals surface area contributed by atoms with Crippen LogP contribution in [-0.4, -0.2) is 129 Å². The topological polar surface area (TPSA) is 250 Å². The maximum absolute atomic E-state index is 14.1. The molecule has 0 aromatic heterocycles. The zero-order chi connectivity index (χ0) is 102. The molecule has 8 aromatic carbocycles. The first-order valence-electron chi connectivity index (χ1n) is 54.8. The highest BCUT2D eigenvalue weighted by Crippen LogP contribution is 2.39. The second-order valence-corrected chi connectivity index (χ2v) is 38.7. The molecule has 8 aromatic rings. The Morgan fingerprint density at radius 2 is 0.637 bits per heavy atom. The van der Waals surface area contributed by atoms with Crippen molar-refractivity contribution in [1.82, 2.24) is 0 Å². The summed E-state index contributed by atoms with van der Waals surface area (Å²) in [6, 6.07) is 78.8. The summed E-state index contributed by atoms with van der Waals surface area (Å²) in [7, 11) is 0. The average Bonchev–Trinajstić information content (AvgIpc) is 0.774. The van der Waals surface area contributed by atoms with Crippen molar-refractivity contribution < 1.29 is 105 Å². The Bertz CT molecular complexity index is 4790. The van der Waals surface area contributed by atoms with Crippen molar-refractivity contribution in [2.24, 2.45) is 0 Å². The number of unbranched alkanes of at least 4 members (excludes halogenated alkanes) is 23. The lowest BCUT2D eigenvalue weighted by molar-refractivity contribution is -0.384. The minimum atomic E-state index is -1.43. The normalized spacial score (nSPS) is 18.2. The molecule has 0 saturated carbocycles. The van der Waals surface area contributed by atoms with Gasteiger partial charge < -0.3 is 75.8 Å². The molecule has 11 atom stereocenters. The van der Waals surface area contributed by atoms with Gasteiger partial charge in [-0.05, 0) is 134 Å². The maximum Gasteiger partial charge on any atom is 0.308 e. The first-order chi connectivity index (χ1) is 71.8. The van der Waals surface area contributed by atoms with Crippen molar-refractivity contribution in [2.75, 3.05) is 26.4 Å². The summed E-state index contributed by atoms with van der Waals surface area (Å²) in [5.41, 5.74) is 7.62. The summed E-state index contributed by atoms with van der Waals surface area (Å²) in [5, 5.41) is 0. The Morgan fingerprint density at radius 1 is 0.308 bits per heavy atom. The standard InChI is InChI=1S/C124H166O22/c1-3-5-7-51-77-108(141-114(127)83-59-85-116(129)144-122-121(139-96-106-73-47-33-48-74-106)120(138-95-105-71-45-32-46-72-105)118(136-93-103-67-41-30-42-68-103)111(143-122)98-131-90-100-61-35-27-36-62-100)79-53-21-15-9-11-17-23-55-81-112(125)133-87-57-25-19-13-14-20-26-58-88-134-113(126)82-56-24-18-12-10-16-22-54-80-109(78-52-8-6-4-2)142-115(128)84-60-86-117(130)145-123-119(137-94-104-69-43-31-44-70-104)110(135-92-102-65-39-29-40-66-102)89-124(146-123,140-97-107-75-49-34-50-76-107)99-132-91-101-63-37-28-38-64-101/h21-22,27-50,53-54,61-76,108-111,118-123H,3-20,23-26,51-52,55-60,77-99H2,1-2H3/b53-21-,54-22-/t108-,109-,110?,111?,118+,119?,120?,121?,122+,123-,124?/m1/s1. The number of esters is 6. The average molecular weight is 2010 g/mol. The van der Waals surface area contributed by atoms with Gasteiger partial charge in [-0.3, -0.25) is 28.8 Å². The molecule has 0 spiro atoms. The van der Waals surface area contributed by atoms with Gasteiger partial charge in [0.25, 0.3) is 0 Å². The van der Waals surface area contributed by atoms with Gasteiger partial charge in [0.05, 0.1) is 78.8 Å². The van der Waals surface area contributed by atoms with Gasteiger partial charge in [-0.15, -0.1) is 0 Å². The van der Waals surface area contributed by atoms with Crippen molar-refractivity contribution in [2.45, 2.75) is 397 Å². The summed E-state index contributed by atoms with van der Waals surface area (Å²) in [4.78, 5) is 80.4. The van der Waals surface area contributed by atoms with Gasteiger partial charge >= 0.3 is 35.8 Å². The molecule has 0 aliphatic carbocycles. The highest BCUT2D eigenvalue weighted by molar-refractivity contribution is 5.74. The molecule has 2 aliphatic heterocycles. The molecule has 0 N–H and O–H groups in total. The Morgan fingerprint density at radius 3 is 1.05 bits per heavy atom. The van der Waals surface area contributed by atoms with Gasteiger partial charge in [-0.25, -0.2) is 0 Å². The van der Waals surface area contributed by atoms with Crippen LogP contribution in [0.2, 0.25) is 0 Å². The van der Waals surface area contributed by atoms with Crippen LogP contribution in [0.1, 0.15) is 322 Å². The molecule has 0 amide bonds. The number of hydrogen-bond donors (Lipinski definition) is 0. The quantitative estimate of drug-likeness (QED) is 0.0149. The molecule has 22 nitrogen and oxygen atoms in total. The van der Waals surface area contributed by atoms with Crippen LogP contribution >= 0.6 is 0 Å². The van der Waals surface area contributed by atoms with Crippen molar-refractivity contribution in [3.63, 3.8) is 0 Å². The number of benzene rings is 8. The first-order valence-corrected chi connectivity index (χ1v) is 54.8. The predicted molar refractivity (Wildman–Crippen MR) is 568 cm³/mol. The summed E-state index contributed by atoms with van der Waals surface area (Å²) >= 11 is 0. The second-order valence-electron chi connectivity index (χ2n) is 38.7. The predicted octanol–water partition coefficient (Wildman–Crippen LogP) is 27.5. The van der Waals surface area contributed by atoms with E-state index >= 15 is 0 Å². The van der Waals surface area contributed by atoms with Gasteiger partial charge in [0.2, 0.25) is 12.6 Å². The zero-order valence-electron chi connectivity index (χ0n) is 87.1. The van der Waals surface area contributed by atoms with E-state index in [9.17, 15) is 28.8 Å². The molecule has 794 valence electrons. The molecule has 0 bridgehead atoms. The van der Waals surface area contributed by atoms with Gasteiger partial charge in [-0.2, -0.15) is 0 Å². The van der Waals surface area contributed by atoms with Crippen LogP contribution in [0.25, 0.3) is 0 Å². The summed E-state index contributed by atoms with van der Waals surface area (Å²) in [6.45, 7) is 7.35. The Balaban J connectivity index is 0.532. The fourth-order valence-corrected chi connectivity index (χ4v) is 18.0. The zero-order valence-corrected chi connectivity index (χ0v) is 87.1. The van der Waals surface area contributed by atoms with Gasteiger partial charge in [-0.1, -0.05) is 396 Å². The van der Waals surface area contributed by atoms with Crippen LogP contribution in [0.4, 0.5) is 0 Å². The maximum atomic E-state index is 14.1. The molecule has 0 radical (unpaired) electrons. The lowest BCUT2D eigenvalue weighted by atomic mass is 9.97. The number of rotatable bonds is 79. The molecule has 22 heteroatoms. The van der Waals surface area contributed by atoms with Crippen LogP contribution in [0, 0.1) is 0 Å². The smallest absolute Gasteiger partial charge is 0.308 e. The third-order valence-corrected chi connectivity index (χ3v) is 26.3. The van der Waals surface area contributed by atoms with E-state index in [1.165, 1.54) is 0 Å². The lowest BCUT2D eigenvalue weighted by Crippen LogP contribution is -2.62. The number of allylic oxidation sites excluding steroid dienone is 2. The van der Waals surface area contributed by atoms with Crippen LogP contribution in [-0.2, 0) is 157 Å². The highest BCUT2D eigenvalue weighted by atomic mass is 16.8. The number of carbonyl (C=O) groups is 6. The van der Waals surface area contributed by atoms with Gasteiger partial charge in [0.15, 0.2) is 5.79 Å². The van der Waals surface area contributed by atoms with Crippen molar-refractivity contribution >= 4 is 35.8 Å². The van der Waals surface area contributed by atoms with Gasteiger partial charge in [0, 0.05) is 57.8 Å². The first kappa shape index (κ1) is 118. The molecular weight excluding hydrogens is 1840 g/mol. The van der Waals surface area contributed by atoms with E-state index in [0.717, 1.165) is 237 Å². The van der Waals surface area contributed by atoms with E-state index in [-0.39, 0.29) is 134 Å². The third-order valence-electron chi connectivity index (χ3n) is 26.3. The van der Waals surface area contributed by atoms with Crippen LogP contribution in [0.15, 0.2) is 267 Å².